The number of nitrogens with one attached hydrogen (secondary N) is 1. The number of nitrogens with zero attached hydrogens (tertiary/aromatic N) is 1. The summed E-state index contributed by atoms with van der Waals surface area (Å²) in [6.45, 7) is 0. The van der Waals surface area contributed by atoms with Gasteiger partial charge in [0.05, 0.1) is 4.90 Å². The van der Waals surface area contributed by atoms with Crippen molar-refractivity contribution in [1.82, 2.24) is 4.31 Å². The fraction of sp³-hybridized carbons (Fsp3) is 0.136. The third-order valence-electron chi connectivity index (χ3n) is 4.95. The molecule has 1 amide bonds. The molecule has 6 heteroatoms. The molecule has 0 unspecified atom stereocenters. The summed E-state index contributed by atoms with van der Waals surface area (Å²) in [6.07, 6.45) is 0.904. The molecule has 28 heavy (non-hydrogen) atoms. The fourth-order valence-corrected chi connectivity index (χ4v) is 4.30. The minimum atomic E-state index is -3.51. The summed E-state index contributed by atoms with van der Waals surface area (Å²) in [5, 5.41) is 2.90. The second-order valence-electron chi connectivity index (χ2n) is 6.97. The highest BCUT2D eigenvalue weighted by molar-refractivity contribution is 7.89. The van der Waals surface area contributed by atoms with Gasteiger partial charge in [0.15, 0.2) is 0 Å². The number of hydrogen-bond acceptors (Lipinski definition) is 3. The number of benzene rings is 3. The maximum Gasteiger partial charge on any atom is 0.255 e. The first-order chi connectivity index (χ1) is 13.4. The predicted molar refractivity (Wildman–Crippen MR) is 110 cm³/mol. The number of hydrogen-bond donors (Lipinski definition) is 1. The summed E-state index contributed by atoms with van der Waals surface area (Å²) < 4.78 is 25.4. The van der Waals surface area contributed by atoms with Crippen LogP contribution in [0.15, 0.2) is 71.6 Å². The minimum absolute atomic E-state index is 0.156. The maximum atomic E-state index is 12.6. The van der Waals surface area contributed by atoms with Gasteiger partial charge in [-0.05, 0) is 65.1 Å². The minimum Gasteiger partial charge on any atom is -0.322 e. The van der Waals surface area contributed by atoms with E-state index < -0.39 is 10.0 Å². The van der Waals surface area contributed by atoms with Crippen molar-refractivity contribution in [3.63, 3.8) is 0 Å². The van der Waals surface area contributed by atoms with E-state index in [0.717, 1.165) is 16.3 Å². The van der Waals surface area contributed by atoms with Gasteiger partial charge >= 0.3 is 0 Å². The second kappa shape index (κ2) is 6.89. The summed E-state index contributed by atoms with van der Waals surface area (Å²) in [5.41, 5.74) is 5.99. The number of sulfonamides is 1. The van der Waals surface area contributed by atoms with Gasteiger partial charge in [0, 0.05) is 25.3 Å². The summed E-state index contributed by atoms with van der Waals surface area (Å²) in [7, 11) is -0.564. The number of amides is 1. The molecule has 0 aromatic heterocycles. The van der Waals surface area contributed by atoms with Gasteiger partial charge in [-0.15, -0.1) is 0 Å². The Bertz CT molecular complexity index is 1170. The zero-order valence-corrected chi connectivity index (χ0v) is 16.5. The van der Waals surface area contributed by atoms with Gasteiger partial charge < -0.3 is 5.32 Å². The number of fused-ring (bicyclic) bond motifs is 3. The number of anilines is 1. The Morgan fingerprint density at radius 3 is 2.29 bits per heavy atom. The molecule has 5 nitrogen and oxygen atoms in total. The first kappa shape index (κ1) is 18.4. The fourth-order valence-electron chi connectivity index (χ4n) is 3.39. The standard InChI is InChI=1S/C22H20N2O3S/c1-24(2)28(26,27)19-11-8-15(9-12-19)22(25)23-18-10-7-17-13-16-5-3-4-6-20(16)21(17)14-18/h3-12,14H,13H2,1-2H3,(H,23,25). The molecule has 1 N–H and O–H groups in total. The molecular weight excluding hydrogens is 372 g/mol. The van der Waals surface area contributed by atoms with E-state index in [4.69, 9.17) is 0 Å². The molecule has 4 rings (SSSR count). The molecule has 0 atom stereocenters. The van der Waals surface area contributed by atoms with Crippen LogP contribution >= 0.6 is 0 Å². The lowest BCUT2D eigenvalue weighted by molar-refractivity contribution is 0.102. The van der Waals surface area contributed by atoms with Crippen molar-refractivity contribution in [3.05, 3.63) is 83.4 Å². The summed E-state index contributed by atoms with van der Waals surface area (Å²) >= 11 is 0. The molecule has 3 aromatic carbocycles. The highest BCUT2D eigenvalue weighted by atomic mass is 32.2. The van der Waals surface area contributed by atoms with Crippen LogP contribution in [0.2, 0.25) is 0 Å². The molecule has 0 spiro atoms. The van der Waals surface area contributed by atoms with Crippen LogP contribution in [-0.4, -0.2) is 32.7 Å². The Labute approximate surface area is 164 Å². The summed E-state index contributed by atoms with van der Waals surface area (Å²) in [5.74, 6) is -0.278. The smallest absolute Gasteiger partial charge is 0.255 e. The predicted octanol–water partition coefficient (Wildman–Crippen LogP) is 3.76. The van der Waals surface area contributed by atoms with Crippen molar-refractivity contribution in [2.45, 2.75) is 11.3 Å². The van der Waals surface area contributed by atoms with Crippen molar-refractivity contribution >= 4 is 21.6 Å². The van der Waals surface area contributed by atoms with Gasteiger partial charge in [-0.2, -0.15) is 0 Å². The Hall–Kier alpha value is -2.96. The largest absolute Gasteiger partial charge is 0.322 e. The molecular formula is C22H20N2O3S. The van der Waals surface area contributed by atoms with E-state index in [-0.39, 0.29) is 10.8 Å². The number of carbonyl (C=O) groups is 1. The number of carbonyl (C=O) groups excluding carboxylic acids is 1. The SMILES string of the molecule is CN(C)S(=O)(=O)c1ccc(C(=O)Nc2ccc3c(c2)-c2ccccc2C3)cc1. The van der Waals surface area contributed by atoms with E-state index in [9.17, 15) is 13.2 Å². The Morgan fingerprint density at radius 1 is 0.893 bits per heavy atom. The van der Waals surface area contributed by atoms with Crippen molar-refractivity contribution < 1.29 is 13.2 Å². The first-order valence-electron chi connectivity index (χ1n) is 8.91. The van der Waals surface area contributed by atoms with Gasteiger partial charge in [0.25, 0.3) is 5.91 Å². The molecule has 0 bridgehead atoms. The molecule has 0 saturated heterocycles. The lowest BCUT2D eigenvalue weighted by atomic mass is 10.1. The lowest BCUT2D eigenvalue weighted by Gasteiger charge is -2.12. The Balaban J connectivity index is 1.56. The molecule has 3 aromatic rings. The van der Waals surface area contributed by atoms with Crippen LogP contribution in [0.3, 0.4) is 0 Å². The zero-order valence-electron chi connectivity index (χ0n) is 15.6. The van der Waals surface area contributed by atoms with E-state index in [1.165, 1.54) is 55.1 Å². The molecule has 142 valence electrons. The van der Waals surface area contributed by atoms with Crippen molar-refractivity contribution in [2.24, 2.45) is 0 Å². The Morgan fingerprint density at radius 2 is 1.57 bits per heavy atom. The zero-order chi connectivity index (χ0) is 19.9. The second-order valence-corrected chi connectivity index (χ2v) is 9.12. The highest BCUT2D eigenvalue weighted by Gasteiger charge is 2.19. The molecule has 0 radical (unpaired) electrons. The van der Waals surface area contributed by atoms with Crippen LogP contribution in [-0.2, 0) is 16.4 Å². The van der Waals surface area contributed by atoms with Crippen LogP contribution in [0, 0.1) is 0 Å². The van der Waals surface area contributed by atoms with E-state index in [1.807, 2.05) is 30.3 Å². The van der Waals surface area contributed by atoms with Gasteiger partial charge in [-0.25, -0.2) is 12.7 Å². The highest BCUT2D eigenvalue weighted by Crippen LogP contribution is 2.37. The molecule has 1 aliphatic carbocycles. The average Bonchev–Trinajstić information content (AvgIpc) is 3.06. The van der Waals surface area contributed by atoms with Crippen LogP contribution in [0.5, 0.6) is 0 Å². The molecule has 0 heterocycles. The summed E-state index contributed by atoms with van der Waals surface area (Å²) in [4.78, 5) is 12.7. The molecule has 1 aliphatic rings. The van der Waals surface area contributed by atoms with E-state index >= 15 is 0 Å². The van der Waals surface area contributed by atoms with Crippen molar-refractivity contribution in [3.8, 4) is 11.1 Å². The normalized spacial score (nSPS) is 12.5. The van der Waals surface area contributed by atoms with Crippen LogP contribution in [0.25, 0.3) is 11.1 Å². The van der Waals surface area contributed by atoms with E-state index in [2.05, 4.69) is 17.4 Å². The van der Waals surface area contributed by atoms with Crippen LogP contribution < -0.4 is 5.32 Å². The average molecular weight is 392 g/mol. The van der Waals surface area contributed by atoms with Crippen molar-refractivity contribution in [2.75, 3.05) is 19.4 Å². The third-order valence-corrected chi connectivity index (χ3v) is 6.78. The lowest BCUT2D eigenvalue weighted by Crippen LogP contribution is -2.22. The van der Waals surface area contributed by atoms with E-state index in [0.29, 0.717) is 11.3 Å². The quantitative estimate of drug-likeness (QED) is 0.575. The monoisotopic (exact) mass is 392 g/mol. The van der Waals surface area contributed by atoms with Gasteiger partial charge in [-0.3, -0.25) is 4.79 Å². The first-order valence-corrected chi connectivity index (χ1v) is 10.4. The van der Waals surface area contributed by atoms with E-state index in [1.54, 1.807) is 0 Å². The van der Waals surface area contributed by atoms with Crippen molar-refractivity contribution in [1.29, 1.82) is 0 Å². The van der Waals surface area contributed by atoms with Gasteiger partial charge in [0.2, 0.25) is 10.0 Å². The third kappa shape index (κ3) is 3.21. The Kier molecular flexibility index (Phi) is 4.53. The van der Waals surface area contributed by atoms with Gasteiger partial charge in [0.1, 0.15) is 0 Å². The molecule has 0 aliphatic heterocycles. The topological polar surface area (TPSA) is 66.5 Å². The number of rotatable bonds is 4. The van der Waals surface area contributed by atoms with Crippen LogP contribution in [0.4, 0.5) is 5.69 Å². The summed E-state index contributed by atoms with van der Waals surface area (Å²) in [6, 6.07) is 20.1. The van der Waals surface area contributed by atoms with Gasteiger partial charge in [-0.1, -0.05) is 30.3 Å². The molecule has 0 fully saturated rings. The maximum absolute atomic E-state index is 12.6. The van der Waals surface area contributed by atoms with Crippen LogP contribution in [0.1, 0.15) is 21.5 Å². The molecule has 0 saturated carbocycles.